The number of rotatable bonds is 7. The van der Waals surface area contributed by atoms with Crippen molar-refractivity contribution in [3.8, 4) is 0 Å². The molecule has 2 aromatic heterocycles. The van der Waals surface area contributed by atoms with Crippen LogP contribution < -0.4 is 16.4 Å². The van der Waals surface area contributed by atoms with Crippen LogP contribution in [0.3, 0.4) is 0 Å². The normalized spacial score (nSPS) is 12.4. The fourth-order valence-corrected chi connectivity index (χ4v) is 3.14. The van der Waals surface area contributed by atoms with Gasteiger partial charge < -0.3 is 21.5 Å². The molecule has 3 aromatic rings. The lowest BCUT2D eigenvalue weighted by Crippen LogP contribution is -2.17. The maximum atomic E-state index is 12.6. The summed E-state index contributed by atoms with van der Waals surface area (Å²) in [4.78, 5) is 21.5. The number of aromatic amines is 1. The predicted octanol–water partition coefficient (Wildman–Crippen LogP) is 2.05. The van der Waals surface area contributed by atoms with E-state index < -0.39 is 0 Å². The monoisotopic (exact) mass is 399 g/mol. The number of fused-ring (bicyclic) bond motifs is 1. The number of aliphatic imine (C=N–C) groups is 1. The lowest BCUT2D eigenvalue weighted by atomic mass is 10.1. The molecule has 6 N–H and O–H groups in total. The SMILES string of the molecule is CC(=C/NCCO)/C(N)=N\c1ncc(C(=O)Nc2c(C)ccc3[nH]ncc23)s1. The number of amides is 1. The van der Waals surface area contributed by atoms with E-state index in [1.165, 1.54) is 6.20 Å². The van der Waals surface area contributed by atoms with Gasteiger partial charge in [0.1, 0.15) is 10.7 Å². The molecule has 0 bridgehead atoms. The maximum absolute atomic E-state index is 12.6. The number of carbonyl (C=O) groups is 1. The molecule has 9 nitrogen and oxygen atoms in total. The van der Waals surface area contributed by atoms with Crippen LogP contribution in [0.2, 0.25) is 0 Å². The largest absolute Gasteiger partial charge is 0.395 e. The van der Waals surface area contributed by atoms with Crippen molar-refractivity contribution < 1.29 is 9.90 Å². The van der Waals surface area contributed by atoms with Gasteiger partial charge in [-0.05, 0) is 25.5 Å². The van der Waals surface area contributed by atoms with Crippen LogP contribution in [0.4, 0.5) is 10.8 Å². The molecular formula is C18H21N7O2S. The molecule has 0 radical (unpaired) electrons. The fraction of sp³-hybridized carbons (Fsp3) is 0.222. The Hall–Kier alpha value is -3.24. The summed E-state index contributed by atoms with van der Waals surface area (Å²) in [5.41, 5.74) is 9.15. The van der Waals surface area contributed by atoms with E-state index in [-0.39, 0.29) is 18.3 Å². The Morgan fingerprint density at radius 2 is 2.25 bits per heavy atom. The topological polar surface area (TPSA) is 141 Å². The van der Waals surface area contributed by atoms with Gasteiger partial charge >= 0.3 is 0 Å². The molecule has 28 heavy (non-hydrogen) atoms. The molecule has 1 aromatic carbocycles. The number of hydrogen-bond acceptors (Lipinski definition) is 7. The summed E-state index contributed by atoms with van der Waals surface area (Å²) in [6.45, 7) is 4.16. The Balaban J connectivity index is 1.75. The fourth-order valence-electron chi connectivity index (χ4n) is 2.44. The van der Waals surface area contributed by atoms with Gasteiger partial charge in [0.05, 0.1) is 30.2 Å². The quantitative estimate of drug-likeness (QED) is 0.234. The number of carbonyl (C=O) groups excluding carboxylic acids is 1. The number of hydrogen-bond donors (Lipinski definition) is 5. The first-order valence-corrected chi connectivity index (χ1v) is 9.36. The van der Waals surface area contributed by atoms with Crippen molar-refractivity contribution in [1.82, 2.24) is 20.5 Å². The van der Waals surface area contributed by atoms with E-state index in [9.17, 15) is 4.79 Å². The summed E-state index contributed by atoms with van der Waals surface area (Å²) in [6.07, 6.45) is 4.83. The van der Waals surface area contributed by atoms with Crippen LogP contribution >= 0.6 is 11.3 Å². The number of nitrogens with zero attached hydrogens (tertiary/aromatic N) is 3. The van der Waals surface area contributed by atoms with E-state index in [4.69, 9.17) is 10.8 Å². The number of H-pyrrole nitrogens is 1. The summed E-state index contributed by atoms with van der Waals surface area (Å²) in [5.74, 6) is 0.0111. The van der Waals surface area contributed by atoms with E-state index in [2.05, 4.69) is 30.8 Å². The maximum Gasteiger partial charge on any atom is 0.267 e. The number of aliphatic hydroxyl groups excluding tert-OH is 1. The number of amidine groups is 1. The van der Waals surface area contributed by atoms with Crippen molar-refractivity contribution >= 4 is 44.8 Å². The van der Waals surface area contributed by atoms with E-state index in [1.54, 1.807) is 19.3 Å². The Kier molecular flexibility index (Phi) is 6.02. The zero-order chi connectivity index (χ0) is 20.1. The highest BCUT2D eigenvalue weighted by Crippen LogP contribution is 2.28. The summed E-state index contributed by atoms with van der Waals surface area (Å²) >= 11 is 1.15. The van der Waals surface area contributed by atoms with Gasteiger partial charge in [0, 0.05) is 23.7 Å². The third-order valence-corrected chi connectivity index (χ3v) is 4.87. The van der Waals surface area contributed by atoms with E-state index in [0.717, 1.165) is 27.8 Å². The Labute approximate surface area is 165 Å². The van der Waals surface area contributed by atoms with Crippen LogP contribution in [0.15, 0.2) is 41.3 Å². The van der Waals surface area contributed by atoms with Crippen molar-refractivity contribution in [2.75, 3.05) is 18.5 Å². The number of nitrogens with one attached hydrogen (secondary N) is 3. The molecule has 0 saturated heterocycles. The van der Waals surface area contributed by atoms with E-state index in [1.807, 2.05) is 19.1 Å². The van der Waals surface area contributed by atoms with Crippen LogP contribution in [0.25, 0.3) is 10.9 Å². The highest BCUT2D eigenvalue weighted by atomic mass is 32.1. The molecule has 0 unspecified atom stereocenters. The van der Waals surface area contributed by atoms with Crippen molar-refractivity contribution in [2.24, 2.45) is 10.7 Å². The average molecular weight is 399 g/mol. The van der Waals surface area contributed by atoms with Gasteiger partial charge in [-0.1, -0.05) is 17.4 Å². The van der Waals surface area contributed by atoms with Crippen LogP contribution in [0.5, 0.6) is 0 Å². The minimum atomic E-state index is -0.272. The van der Waals surface area contributed by atoms with Gasteiger partial charge in [-0.15, -0.1) is 0 Å². The van der Waals surface area contributed by atoms with Gasteiger partial charge in [0.25, 0.3) is 5.91 Å². The number of aryl methyl sites for hydroxylation is 1. The zero-order valence-electron chi connectivity index (χ0n) is 15.5. The Morgan fingerprint density at radius 1 is 1.43 bits per heavy atom. The van der Waals surface area contributed by atoms with Gasteiger partial charge in [-0.25, -0.2) is 9.98 Å². The van der Waals surface area contributed by atoms with Crippen molar-refractivity contribution in [2.45, 2.75) is 13.8 Å². The summed E-state index contributed by atoms with van der Waals surface area (Å²) in [7, 11) is 0. The first kappa shape index (κ1) is 19.5. The van der Waals surface area contributed by atoms with Gasteiger partial charge in [-0.3, -0.25) is 9.89 Å². The molecule has 0 atom stereocenters. The molecule has 0 saturated carbocycles. The number of aliphatic hydroxyl groups is 1. The smallest absolute Gasteiger partial charge is 0.267 e. The molecular weight excluding hydrogens is 378 g/mol. The standard InChI is InChI=1S/C18H21N7O2S/c1-10-3-4-13-12(8-22-25-13)15(10)23-17(27)14-9-21-18(28-14)24-16(19)11(2)7-20-5-6-26/h3-4,7-9,20,26H,5-6H2,1-2H3,(H,22,25)(H,23,27)(H2,19,21,24)/b11-7-. The molecule has 2 heterocycles. The second-order valence-electron chi connectivity index (χ2n) is 6.05. The Morgan fingerprint density at radius 3 is 3.04 bits per heavy atom. The predicted molar refractivity (Wildman–Crippen MR) is 111 cm³/mol. The number of nitrogens with two attached hydrogens (primary N) is 1. The highest BCUT2D eigenvalue weighted by Gasteiger charge is 2.14. The summed E-state index contributed by atoms with van der Waals surface area (Å²) < 4.78 is 0. The van der Waals surface area contributed by atoms with Crippen molar-refractivity contribution in [1.29, 1.82) is 0 Å². The molecule has 1 amide bonds. The lowest BCUT2D eigenvalue weighted by molar-refractivity contribution is 0.103. The molecule has 0 aliphatic rings. The van der Waals surface area contributed by atoms with Crippen molar-refractivity contribution in [3.63, 3.8) is 0 Å². The first-order chi connectivity index (χ1) is 13.5. The van der Waals surface area contributed by atoms with Crippen molar-refractivity contribution in [3.05, 3.63) is 46.7 Å². The second kappa shape index (κ2) is 8.63. The Bertz CT molecular complexity index is 1050. The minimum Gasteiger partial charge on any atom is -0.395 e. The first-order valence-electron chi connectivity index (χ1n) is 8.55. The molecule has 0 fully saturated rings. The highest BCUT2D eigenvalue weighted by molar-refractivity contribution is 7.17. The van der Waals surface area contributed by atoms with Crippen LogP contribution in [0, 0.1) is 6.92 Å². The van der Waals surface area contributed by atoms with E-state index in [0.29, 0.717) is 27.8 Å². The minimum absolute atomic E-state index is 0.0256. The van der Waals surface area contributed by atoms with Crippen LogP contribution in [0.1, 0.15) is 22.2 Å². The lowest BCUT2D eigenvalue weighted by Gasteiger charge is -2.08. The van der Waals surface area contributed by atoms with Gasteiger partial charge in [0.15, 0.2) is 0 Å². The molecule has 146 valence electrons. The van der Waals surface area contributed by atoms with Gasteiger partial charge in [-0.2, -0.15) is 5.10 Å². The van der Waals surface area contributed by atoms with E-state index >= 15 is 0 Å². The number of anilines is 1. The number of thiazole rings is 1. The van der Waals surface area contributed by atoms with Crippen LogP contribution in [-0.4, -0.2) is 45.2 Å². The average Bonchev–Trinajstić information content (AvgIpc) is 3.33. The third-order valence-electron chi connectivity index (χ3n) is 3.98. The summed E-state index contributed by atoms with van der Waals surface area (Å²) in [5, 5.41) is 22.7. The molecule has 0 aliphatic carbocycles. The number of benzene rings is 1. The summed E-state index contributed by atoms with van der Waals surface area (Å²) in [6, 6.07) is 3.83. The molecule has 3 rings (SSSR count). The molecule has 0 aliphatic heterocycles. The van der Waals surface area contributed by atoms with Gasteiger partial charge in [0.2, 0.25) is 5.13 Å². The van der Waals surface area contributed by atoms with Crippen LogP contribution in [-0.2, 0) is 0 Å². The second-order valence-corrected chi connectivity index (χ2v) is 7.06. The number of aromatic nitrogens is 3. The molecule has 10 heteroatoms. The molecule has 0 spiro atoms. The zero-order valence-corrected chi connectivity index (χ0v) is 16.3. The third kappa shape index (κ3) is 4.35.